The first-order valence-electron chi connectivity index (χ1n) is 11.0. The minimum atomic E-state index is -5.08. The van der Waals surface area contributed by atoms with E-state index in [0.717, 1.165) is 36.5 Å². The first-order valence-corrected chi connectivity index (χ1v) is 11.0. The average Bonchev–Trinajstić information content (AvgIpc) is 3.51. The third-order valence-electron chi connectivity index (χ3n) is 5.81. The molecule has 192 valence electrons. The van der Waals surface area contributed by atoms with Crippen LogP contribution in [0.3, 0.4) is 0 Å². The van der Waals surface area contributed by atoms with Gasteiger partial charge in [0.15, 0.2) is 5.82 Å². The van der Waals surface area contributed by atoms with Crippen molar-refractivity contribution in [1.82, 2.24) is 14.4 Å². The molecule has 5 heterocycles. The largest absolute Gasteiger partial charge is 0.490 e. The van der Waals surface area contributed by atoms with Crippen LogP contribution < -0.4 is 20.9 Å². The number of fused-ring (bicyclic) bond motifs is 2. The molecule has 36 heavy (non-hydrogen) atoms. The van der Waals surface area contributed by atoms with E-state index in [1.807, 2.05) is 13.0 Å². The summed E-state index contributed by atoms with van der Waals surface area (Å²) in [7, 11) is 0. The van der Waals surface area contributed by atoms with E-state index in [1.54, 1.807) is 21.7 Å². The lowest BCUT2D eigenvalue weighted by Crippen LogP contribution is -2.34. The average molecular weight is 509 g/mol. The van der Waals surface area contributed by atoms with Gasteiger partial charge in [0.1, 0.15) is 11.5 Å². The molecule has 2 aliphatic heterocycles. The second-order valence-corrected chi connectivity index (χ2v) is 8.44. The number of aryl methyl sites for hydroxylation is 1. The molecule has 1 atom stereocenters. The van der Waals surface area contributed by atoms with Crippen LogP contribution in [0.15, 0.2) is 30.7 Å². The number of aliphatic carboxylic acids is 1. The lowest BCUT2D eigenvalue weighted by molar-refractivity contribution is -0.192. The minimum absolute atomic E-state index is 0.107. The molecule has 0 aliphatic carbocycles. The van der Waals surface area contributed by atoms with Gasteiger partial charge in [-0.15, -0.1) is 0 Å². The van der Waals surface area contributed by atoms with Crippen molar-refractivity contribution in [2.75, 3.05) is 34.8 Å². The summed E-state index contributed by atoms with van der Waals surface area (Å²) in [5.74, 6) is -2.66. The highest BCUT2D eigenvalue weighted by Crippen LogP contribution is 2.35. The third-order valence-corrected chi connectivity index (χ3v) is 5.81. The summed E-state index contributed by atoms with van der Waals surface area (Å²) < 4.78 is 47.9. The first kappa shape index (κ1) is 25.2. The molecule has 14 heteroatoms. The molecule has 0 spiro atoms. The van der Waals surface area contributed by atoms with Gasteiger partial charge in [-0.3, -0.25) is 4.90 Å². The van der Waals surface area contributed by atoms with E-state index in [0.29, 0.717) is 24.4 Å². The van der Waals surface area contributed by atoms with Gasteiger partial charge in [0.2, 0.25) is 0 Å². The lowest BCUT2D eigenvalue weighted by Gasteiger charge is -2.22. The second kappa shape index (κ2) is 9.60. The van der Waals surface area contributed by atoms with Crippen LogP contribution >= 0.6 is 0 Å². The van der Waals surface area contributed by atoms with Gasteiger partial charge in [-0.05, 0) is 25.8 Å². The summed E-state index contributed by atoms with van der Waals surface area (Å²) in [6, 6.07) is 3.06. The van der Waals surface area contributed by atoms with E-state index in [2.05, 4.69) is 20.2 Å². The summed E-state index contributed by atoms with van der Waals surface area (Å²) in [6.45, 7) is 4.04. The van der Waals surface area contributed by atoms with E-state index >= 15 is 0 Å². The quantitative estimate of drug-likeness (QED) is 0.453. The predicted octanol–water partition coefficient (Wildman–Crippen LogP) is 2.94. The Hall–Kier alpha value is -3.94. The third kappa shape index (κ3) is 5.17. The number of carbonyl (C=O) groups excluding carboxylic acids is 1. The number of carboxylic acids is 1. The van der Waals surface area contributed by atoms with Crippen molar-refractivity contribution in [3.63, 3.8) is 0 Å². The standard InChI is InChI=1S/C20H22FN7O.C2HF3O2/c1-12-9-27-11-16(15(21)8-18(27)24-12)25-20(29)28-7-4-14-17(2-5-23-19(14)28)26-6-3-13(22)10-26;3-2(4,5)1(6)7/h2,5,8-9,11,13H,3-4,6-7,10,22H2,1H3,(H,25,29);(H,6,7)/t13-;/m1./s1. The van der Waals surface area contributed by atoms with Crippen LogP contribution in [0.2, 0.25) is 0 Å². The highest BCUT2D eigenvalue weighted by molar-refractivity contribution is 6.03. The van der Waals surface area contributed by atoms with Crippen LogP contribution in [-0.2, 0) is 11.2 Å². The Bertz CT molecular complexity index is 1310. The predicted molar refractivity (Wildman–Crippen MR) is 123 cm³/mol. The van der Waals surface area contributed by atoms with Crippen molar-refractivity contribution in [3.05, 3.63) is 47.8 Å². The summed E-state index contributed by atoms with van der Waals surface area (Å²) in [5.41, 5.74) is 9.56. The van der Waals surface area contributed by atoms with E-state index in [1.165, 1.54) is 12.3 Å². The Morgan fingerprint density at radius 1 is 1.25 bits per heavy atom. The van der Waals surface area contributed by atoms with Crippen LogP contribution in [0.1, 0.15) is 17.7 Å². The number of halogens is 4. The van der Waals surface area contributed by atoms with E-state index in [-0.39, 0.29) is 11.7 Å². The van der Waals surface area contributed by atoms with Crippen molar-refractivity contribution >= 4 is 34.8 Å². The number of nitrogens with two attached hydrogens (primary N) is 1. The second-order valence-electron chi connectivity index (χ2n) is 8.44. The highest BCUT2D eigenvalue weighted by Gasteiger charge is 2.38. The van der Waals surface area contributed by atoms with Crippen LogP contribution in [0, 0.1) is 12.7 Å². The molecule has 2 amide bonds. The molecule has 0 bridgehead atoms. The number of hydrogen-bond donors (Lipinski definition) is 3. The van der Waals surface area contributed by atoms with Crippen molar-refractivity contribution in [3.8, 4) is 0 Å². The number of hydrogen-bond acceptors (Lipinski definition) is 6. The zero-order chi connectivity index (χ0) is 26.2. The zero-order valence-corrected chi connectivity index (χ0v) is 19.1. The molecule has 0 saturated carbocycles. The zero-order valence-electron chi connectivity index (χ0n) is 19.1. The topological polar surface area (TPSA) is 129 Å². The number of nitrogens with one attached hydrogen (secondary N) is 1. The SMILES string of the molecule is Cc1cn2cc(NC(=O)N3CCc4c(N5CC[C@@H](N)C5)ccnc43)c(F)cc2n1.O=C(O)C(F)(F)F. The van der Waals surface area contributed by atoms with Gasteiger partial charge in [0, 0.05) is 61.6 Å². The molecule has 0 unspecified atom stereocenters. The molecule has 5 rings (SSSR count). The summed E-state index contributed by atoms with van der Waals surface area (Å²) in [5, 5.41) is 9.81. The highest BCUT2D eigenvalue weighted by atomic mass is 19.4. The Morgan fingerprint density at radius 2 is 1.97 bits per heavy atom. The molecule has 0 aromatic carbocycles. The number of carboxylic acid groups (broad SMARTS) is 1. The normalized spacial score (nSPS) is 17.1. The molecule has 0 radical (unpaired) electrons. The van der Waals surface area contributed by atoms with Crippen LogP contribution in [0.5, 0.6) is 0 Å². The fraction of sp³-hybridized carbons (Fsp3) is 0.364. The van der Waals surface area contributed by atoms with Crippen molar-refractivity contribution in [1.29, 1.82) is 0 Å². The number of rotatable bonds is 2. The van der Waals surface area contributed by atoms with Crippen molar-refractivity contribution < 1.29 is 32.3 Å². The molecule has 2 aliphatic rings. The van der Waals surface area contributed by atoms with Gasteiger partial charge in [0.05, 0.1) is 11.4 Å². The monoisotopic (exact) mass is 509 g/mol. The molecule has 10 nitrogen and oxygen atoms in total. The molecule has 1 fully saturated rings. The van der Waals surface area contributed by atoms with Gasteiger partial charge >= 0.3 is 18.2 Å². The van der Waals surface area contributed by atoms with Gasteiger partial charge in [-0.2, -0.15) is 13.2 Å². The number of pyridine rings is 2. The van der Waals surface area contributed by atoms with E-state index in [4.69, 9.17) is 15.6 Å². The van der Waals surface area contributed by atoms with E-state index in [9.17, 15) is 22.4 Å². The van der Waals surface area contributed by atoms with Crippen molar-refractivity contribution in [2.24, 2.45) is 5.73 Å². The van der Waals surface area contributed by atoms with Crippen LogP contribution in [-0.4, -0.2) is 63.3 Å². The molecule has 1 saturated heterocycles. The van der Waals surface area contributed by atoms with Gasteiger partial charge in [-0.1, -0.05) is 0 Å². The number of amides is 2. The molecular weight excluding hydrogens is 486 g/mol. The number of carbonyl (C=O) groups is 2. The van der Waals surface area contributed by atoms with Crippen molar-refractivity contribution in [2.45, 2.75) is 32.0 Å². The fourth-order valence-corrected chi connectivity index (χ4v) is 4.19. The molecule has 4 N–H and O–H groups in total. The molecule has 3 aromatic heterocycles. The first-order chi connectivity index (χ1) is 16.9. The number of aromatic nitrogens is 3. The van der Waals surface area contributed by atoms with Gasteiger partial charge in [-0.25, -0.2) is 23.9 Å². The number of anilines is 3. The minimum Gasteiger partial charge on any atom is -0.475 e. The Balaban J connectivity index is 0.000000384. The smallest absolute Gasteiger partial charge is 0.475 e. The maximum Gasteiger partial charge on any atom is 0.490 e. The summed E-state index contributed by atoms with van der Waals surface area (Å²) in [4.78, 5) is 34.3. The maximum atomic E-state index is 14.5. The van der Waals surface area contributed by atoms with E-state index < -0.39 is 24.0 Å². The fourth-order valence-electron chi connectivity index (χ4n) is 4.19. The molecular formula is C22H23F4N7O3. The maximum absolute atomic E-state index is 14.5. The van der Waals surface area contributed by atoms with Gasteiger partial charge in [0.25, 0.3) is 0 Å². The lowest BCUT2D eigenvalue weighted by atomic mass is 10.2. The number of urea groups is 1. The Morgan fingerprint density at radius 3 is 2.61 bits per heavy atom. The Labute approximate surface area is 202 Å². The Kier molecular flexibility index (Phi) is 6.71. The molecule has 3 aromatic rings. The van der Waals surface area contributed by atoms with Crippen LogP contribution in [0.4, 0.5) is 39.5 Å². The summed E-state index contributed by atoms with van der Waals surface area (Å²) >= 11 is 0. The van der Waals surface area contributed by atoms with Crippen LogP contribution in [0.25, 0.3) is 5.65 Å². The van der Waals surface area contributed by atoms with Gasteiger partial charge < -0.3 is 25.5 Å². The number of imidazole rings is 1. The number of alkyl halides is 3. The number of nitrogens with zero attached hydrogens (tertiary/aromatic N) is 5. The summed E-state index contributed by atoms with van der Waals surface area (Å²) in [6.07, 6.45) is 1.61.